The molecule has 0 atom stereocenters. The third-order valence-electron chi connectivity index (χ3n) is 3.45. The highest BCUT2D eigenvalue weighted by Gasteiger charge is 2.18. The fourth-order valence-electron chi connectivity index (χ4n) is 2.66. The minimum absolute atomic E-state index is 0.797. The van der Waals surface area contributed by atoms with E-state index in [9.17, 15) is 0 Å². The largest absolute Gasteiger partial charge is 0.492 e. The van der Waals surface area contributed by atoms with E-state index < -0.39 is 0 Å². The van der Waals surface area contributed by atoms with Crippen LogP contribution in [0, 0.1) is 0 Å². The molecule has 0 saturated carbocycles. The van der Waals surface area contributed by atoms with E-state index in [1.807, 2.05) is 0 Å². The maximum atomic E-state index is 5.75. The van der Waals surface area contributed by atoms with Crippen LogP contribution in [-0.4, -0.2) is 13.2 Å². The van der Waals surface area contributed by atoms with Crippen LogP contribution in [0.1, 0.15) is 29.5 Å². The minimum atomic E-state index is 0.797. The molecule has 0 amide bonds. The minimum Gasteiger partial charge on any atom is -0.492 e. The second-order valence-electron chi connectivity index (χ2n) is 4.41. The average Bonchev–Trinajstić information content (AvgIpc) is 2.54. The van der Waals surface area contributed by atoms with E-state index in [2.05, 4.69) is 17.4 Å². The quantitative estimate of drug-likeness (QED) is 0.696. The Morgan fingerprint density at radius 1 is 1.07 bits per heavy atom. The van der Waals surface area contributed by atoms with Crippen LogP contribution in [0.2, 0.25) is 0 Å². The molecule has 2 heteroatoms. The summed E-state index contributed by atoms with van der Waals surface area (Å²) in [6.07, 6.45) is 5.18. The lowest BCUT2D eigenvalue weighted by atomic mass is 9.88. The highest BCUT2D eigenvalue weighted by molar-refractivity contribution is 5.46. The van der Waals surface area contributed by atoms with Crippen molar-refractivity contribution in [1.82, 2.24) is 5.32 Å². The van der Waals surface area contributed by atoms with Gasteiger partial charge in [0, 0.05) is 18.7 Å². The third kappa shape index (κ3) is 1.63. The molecule has 15 heavy (non-hydrogen) atoms. The highest BCUT2D eigenvalue weighted by atomic mass is 16.5. The van der Waals surface area contributed by atoms with Gasteiger partial charge in [-0.3, -0.25) is 0 Å². The van der Waals surface area contributed by atoms with E-state index in [0.29, 0.717) is 0 Å². The Balaban J connectivity index is 2.08. The molecule has 0 fully saturated rings. The van der Waals surface area contributed by atoms with E-state index >= 15 is 0 Å². The van der Waals surface area contributed by atoms with E-state index in [1.165, 1.54) is 31.2 Å². The second-order valence-corrected chi connectivity index (χ2v) is 4.41. The summed E-state index contributed by atoms with van der Waals surface area (Å²) in [5.41, 5.74) is 4.53. The van der Waals surface area contributed by atoms with Gasteiger partial charge in [0.1, 0.15) is 12.4 Å². The zero-order chi connectivity index (χ0) is 10.1. The standard InChI is InChI=1S/C13H17NO/c1-2-4-11-10(3-1)5-6-13-12(11)9-14-7-8-15-13/h5-6,14H,1-4,7-9H2. The van der Waals surface area contributed by atoms with Crippen molar-refractivity contribution in [3.8, 4) is 5.75 Å². The van der Waals surface area contributed by atoms with Crippen molar-refractivity contribution in [2.24, 2.45) is 0 Å². The summed E-state index contributed by atoms with van der Waals surface area (Å²) in [7, 11) is 0. The number of rotatable bonds is 0. The molecule has 2 aliphatic rings. The Kier molecular flexibility index (Phi) is 2.37. The van der Waals surface area contributed by atoms with E-state index in [4.69, 9.17) is 4.74 Å². The molecule has 1 aromatic rings. The Morgan fingerprint density at radius 2 is 2.00 bits per heavy atom. The monoisotopic (exact) mass is 203 g/mol. The van der Waals surface area contributed by atoms with Gasteiger partial charge in [0.2, 0.25) is 0 Å². The molecule has 0 spiro atoms. The molecule has 1 N–H and O–H groups in total. The van der Waals surface area contributed by atoms with Crippen molar-refractivity contribution < 1.29 is 4.74 Å². The fourth-order valence-corrected chi connectivity index (χ4v) is 2.66. The molecule has 2 nitrogen and oxygen atoms in total. The molecule has 1 aromatic carbocycles. The third-order valence-corrected chi connectivity index (χ3v) is 3.45. The van der Waals surface area contributed by atoms with Crippen molar-refractivity contribution in [3.05, 3.63) is 28.8 Å². The molecular weight excluding hydrogens is 186 g/mol. The lowest BCUT2D eigenvalue weighted by molar-refractivity contribution is 0.325. The summed E-state index contributed by atoms with van der Waals surface area (Å²) in [6, 6.07) is 4.42. The number of ether oxygens (including phenoxy) is 1. The molecular formula is C13H17NO. The SMILES string of the molecule is c1cc2c(c3c1CCCC3)CNCCO2. The molecule has 1 aliphatic carbocycles. The molecule has 0 unspecified atom stereocenters. The van der Waals surface area contributed by atoms with Crippen molar-refractivity contribution in [2.45, 2.75) is 32.2 Å². The van der Waals surface area contributed by atoms with E-state index in [1.54, 1.807) is 11.1 Å². The van der Waals surface area contributed by atoms with Gasteiger partial charge in [0.15, 0.2) is 0 Å². The molecule has 1 heterocycles. The molecule has 0 saturated heterocycles. The van der Waals surface area contributed by atoms with Crippen LogP contribution in [0.4, 0.5) is 0 Å². The maximum absolute atomic E-state index is 5.75. The van der Waals surface area contributed by atoms with Gasteiger partial charge in [-0.1, -0.05) is 6.07 Å². The molecule has 80 valence electrons. The van der Waals surface area contributed by atoms with Crippen molar-refractivity contribution in [1.29, 1.82) is 0 Å². The summed E-state index contributed by atoms with van der Waals surface area (Å²) in [4.78, 5) is 0. The lowest BCUT2D eigenvalue weighted by Gasteiger charge is -2.20. The molecule has 0 bridgehead atoms. The summed E-state index contributed by atoms with van der Waals surface area (Å²) in [6.45, 7) is 2.74. The first-order chi connectivity index (χ1) is 7.45. The van der Waals surface area contributed by atoms with Crippen LogP contribution in [0.15, 0.2) is 12.1 Å². The zero-order valence-corrected chi connectivity index (χ0v) is 9.01. The Morgan fingerprint density at radius 3 is 3.00 bits per heavy atom. The predicted molar refractivity (Wildman–Crippen MR) is 60.3 cm³/mol. The molecule has 3 rings (SSSR count). The number of aryl methyl sites for hydroxylation is 1. The van der Waals surface area contributed by atoms with Gasteiger partial charge in [-0.15, -0.1) is 0 Å². The number of fused-ring (bicyclic) bond motifs is 3. The van der Waals surface area contributed by atoms with Crippen LogP contribution in [0.5, 0.6) is 5.75 Å². The summed E-state index contributed by atoms with van der Waals surface area (Å²) >= 11 is 0. The Labute approximate surface area is 90.6 Å². The van der Waals surface area contributed by atoms with E-state index in [-0.39, 0.29) is 0 Å². The molecule has 1 aliphatic heterocycles. The summed E-state index contributed by atoms with van der Waals surface area (Å²) in [5, 5.41) is 3.43. The van der Waals surface area contributed by atoms with Crippen LogP contribution in [0.25, 0.3) is 0 Å². The van der Waals surface area contributed by atoms with Gasteiger partial charge in [0.25, 0.3) is 0 Å². The number of nitrogens with one attached hydrogen (secondary N) is 1. The van der Waals surface area contributed by atoms with Crippen LogP contribution in [0.3, 0.4) is 0 Å². The number of hydrogen-bond donors (Lipinski definition) is 1. The topological polar surface area (TPSA) is 21.3 Å². The first kappa shape index (κ1) is 9.22. The average molecular weight is 203 g/mol. The van der Waals surface area contributed by atoms with Crippen molar-refractivity contribution in [2.75, 3.05) is 13.2 Å². The second kappa shape index (κ2) is 3.86. The highest BCUT2D eigenvalue weighted by Crippen LogP contribution is 2.31. The first-order valence-corrected chi connectivity index (χ1v) is 5.92. The van der Waals surface area contributed by atoms with E-state index in [0.717, 1.165) is 25.4 Å². The Hall–Kier alpha value is -1.02. The number of benzene rings is 1. The van der Waals surface area contributed by atoms with Gasteiger partial charge >= 0.3 is 0 Å². The van der Waals surface area contributed by atoms with Crippen LogP contribution < -0.4 is 10.1 Å². The normalized spacial score (nSPS) is 19.7. The van der Waals surface area contributed by atoms with Gasteiger partial charge in [-0.05, 0) is 42.9 Å². The van der Waals surface area contributed by atoms with Crippen molar-refractivity contribution >= 4 is 0 Å². The molecule has 0 radical (unpaired) electrons. The predicted octanol–water partition coefficient (Wildman–Crippen LogP) is 2.05. The summed E-state index contributed by atoms with van der Waals surface area (Å²) in [5.74, 6) is 1.11. The molecule has 0 aromatic heterocycles. The van der Waals surface area contributed by atoms with Gasteiger partial charge in [0.05, 0.1) is 0 Å². The van der Waals surface area contributed by atoms with Crippen LogP contribution >= 0.6 is 0 Å². The van der Waals surface area contributed by atoms with Gasteiger partial charge in [-0.2, -0.15) is 0 Å². The number of hydrogen-bond acceptors (Lipinski definition) is 2. The van der Waals surface area contributed by atoms with Gasteiger partial charge < -0.3 is 10.1 Å². The first-order valence-electron chi connectivity index (χ1n) is 5.92. The lowest BCUT2D eigenvalue weighted by Crippen LogP contribution is -2.17. The zero-order valence-electron chi connectivity index (χ0n) is 9.01. The van der Waals surface area contributed by atoms with Crippen molar-refractivity contribution in [3.63, 3.8) is 0 Å². The Bertz CT molecular complexity index is 373. The summed E-state index contributed by atoms with van der Waals surface area (Å²) < 4.78 is 5.75. The smallest absolute Gasteiger partial charge is 0.124 e. The van der Waals surface area contributed by atoms with Crippen LogP contribution in [-0.2, 0) is 19.4 Å². The fraction of sp³-hybridized carbons (Fsp3) is 0.538. The van der Waals surface area contributed by atoms with Gasteiger partial charge in [-0.25, -0.2) is 0 Å². The maximum Gasteiger partial charge on any atom is 0.124 e.